The number of amides is 1. The van der Waals surface area contributed by atoms with E-state index in [0.29, 0.717) is 18.9 Å². The third-order valence-electron chi connectivity index (χ3n) is 3.58. The lowest BCUT2D eigenvalue weighted by molar-refractivity contribution is -0.119. The molecular weight excluding hydrogens is 216 g/mol. The first kappa shape index (κ1) is 14.5. The minimum Gasteiger partial charge on any atom is -0.396 e. The molecule has 100 valence electrons. The van der Waals surface area contributed by atoms with Crippen molar-refractivity contribution in [1.29, 1.82) is 0 Å². The SMILES string of the molecule is NC(=O)CC1CCN(CCCCCCO)CC1. The fraction of sp³-hybridized carbons (Fsp3) is 0.923. The average molecular weight is 242 g/mol. The lowest BCUT2D eigenvalue weighted by atomic mass is 9.93. The van der Waals surface area contributed by atoms with Gasteiger partial charge in [0, 0.05) is 13.0 Å². The zero-order valence-corrected chi connectivity index (χ0v) is 10.7. The van der Waals surface area contributed by atoms with Crippen molar-refractivity contribution >= 4 is 5.91 Å². The summed E-state index contributed by atoms with van der Waals surface area (Å²) in [5, 5.41) is 8.67. The van der Waals surface area contributed by atoms with E-state index in [1.807, 2.05) is 0 Å². The molecule has 1 aliphatic heterocycles. The van der Waals surface area contributed by atoms with Crippen molar-refractivity contribution in [2.75, 3.05) is 26.2 Å². The first-order chi connectivity index (χ1) is 8.22. The van der Waals surface area contributed by atoms with E-state index in [9.17, 15) is 4.79 Å². The molecule has 0 atom stereocenters. The van der Waals surface area contributed by atoms with E-state index >= 15 is 0 Å². The van der Waals surface area contributed by atoms with Gasteiger partial charge >= 0.3 is 0 Å². The van der Waals surface area contributed by atoms with Gasteiger partial charge in [-0.3, -0.25) is 4.79 Å². The molecule has 1 saturated heterocycles. The number of aliphatic hydroxyl groups excluding tert-OH is 1. The molecule has 1 heterocycles. The maximum absolute atomic E-state index is 10.8. The predicted octanol–water partition coefficient (Wildman–Crippen LogP) is 1.13. The second-order valence-corrected chi connectivity index (χ2v) is 5.09. The summed E-state index contributed by atoms with van der Waals surface area (Å²) in [7, 11) is 0. The number of nitrogens with two attached hydrogens (primary N) is 1. The highest BCUT2D eigenvalue weighted by molar-refractivity contribution is 5.73. The van der Waals surface area contributed by atoms with E-state index in [1.165, 1.54) is 12.8 Å². The number of carbonyl (C=O) groups is 1. The number of hydrogen-bond donors (Lipinski definition) is 2. The lowest BCUT2D eigenvalue weighted by Crippen LogP contribution is -2.35. The monoisotopic (exact) mass is 242 g/mol. The van der Waals surface area contributed by atoms with Crippen LogP contribution in [0.3, 0.4) is 0 Å². The smallest absolute Gasteiger partial charge is 0.217 e. The van der Waals surface area contributed by atoms with Gasteiger partial charge in [-0.05, 0) is 51.2 Å². The molecule has 1 rings (SSSR count). The zero-order chi connectivity index (χ0) is 12.5. The molecule has 0 aromatic rings. The Morgan fingerprint density at radius 2 is 1.82 bits per heavy atom. The largest absolute Gasteiger partial charge is 0.396 e. The Labute approximate surface area is 104 Å². The molecule has 0 spiro atoms. The van der Waals surface area contributed by atoms with E-state index in [-0.39, 0.29) is 5.91 Å². The van der Waals surface area contributed by atoms with Crippen LogP contribution in [-0.4, -0.2) is 42.2 Å². The van der Waals surface area contributed by atoms with Crippen LogP contribution in [0.1, 0.15) is 44.9 Å². The van der Waals surface area contributed by atoms with Crippen LogP contribution in [0, 0.1) is 5.92 Å². The minimum absolute atomic E-state index is 0.160. The summed E-state index contributed by atoms with van der Waals surface area (Å²) in [5.41, 5.74) is 5.21. The van der Waals surface area contributed by atoms with Crippen LogP contribution < -0.4 is 5.73 Å². The van der Waals surface area contributed by atoms with Crippen LogP contribution in [0.25, 0.3) is 0 Å². The number of hydrogen-bond acceptors (Lipinski definition) is 3. The summed E-state index contributed by atoms with van der Waals surface area (Å²) in [5.74, 6) is 0.352. The minimum atomic E-state index is -0.160. The second-order valence-electron chi connectivity index (χ2n) is 5.09. The maximum Gasteiger partial charge on any atom is 0.217 e. The molecule has 0 aliphatic carbocycles. The Hall–Kier alpha value is -0.610. The summed E-state index contributed by atoms with van der Waals surface area (Å²) in [6.07, 6.45) is 7.28. The Kier molecular flexibility index (Phi) is 7.21. The first-order valence-corrected chi connectivity index (χ1v) is 6.84. The van der Waals surface area contributed by atoms with Crippen molar-refractivity contribution in [2.24, 2.45) is 11.7 Å². The molecule has 1 fully saturated rings. The van der Waals surface area contributed by atoms with Crippen LogP contribution >= 0.6 is 0 Å². The van der Waals surface area contributed by atoms with Gasteiger partial charge in [-0.2, -0.15) is 0 Å². The molecule has 0 unspecified atom stereocenters. The van der Waals surface area contributed by atoms with Crippen LogP contribution in [0.5, 0.6) is 0 Å². The molecular formula is C13H26N2O2. The molecule has 1 aliphatic rings. The van der Waals surface area contributed by atoms with Gasteiger partial charge in [0.15, 0.2) is 0 Å². The number of unbranched alkanes of at least 4 members (excludes halogenated alkanes) is 3. The van der Waals surface area contributed by atoms with Gasteiger partial charge in [0.25, 0.3) is 0 Å². The third-order valence-corrected chi connectivity index (χ3v) is 3.58. The van der Waals surface area contributed by atoms with Gasteiger partial charge in [0.05, 0.1) is 0 Å². The van der Waals surface area contributed by atoms with Crippen molar-refractivity contribution < 1.29 is 9.90 Å². The van der Waals surface area contributed by atoms with E-state index in [4.69, 9.17) is 10.8 Å². The fourth-order valence-electron chi connectivity index (χ4n) is 2.50. The molecule has 17 heavy (non-hydrogen) atoms. The molecule has 0 aromatic carbocycles. The quantitative estimate of drug-likeness (QED) is 0.627. The van der Waals surface area contributed by atoms with Gasteiger partial charge < -0.3 is 15.7 Å². The number of nitrogens with zero attached hydrogens (tertiary/aromatic N) is 1. The van der Waals surface area contributed by atoms with Crippen molar-refractivity contribution in [1.82, 2.24) is 4.90 Å². The summed E-state index contributed by atoms with van der Waals surface area (Å²) >= 11 is 0. The van der Waals surface area contributed by atoms with Crippen molar-refractivity contribution in [2.45, 2.75) is 44.9 Å². The molecule has 0 aromatic heterocycles. The standard InChI is InChI=1S/C13H26N2O2/c14-13(17)11-12-5-8-15(9-6-12)7-3-1-2-4-10-16/h12,16H,1-11H2,(H2,14,17). The molecule has 0 saturated carbocycles. The number of primary amides is 1. The summed E-state index contributed by atoms with van der Waals surface area (Å²) in [6, 6.07) is 0. The number of rotatable bonds is 8. The van der Waals surface area contributed by atoms with Crippen molar-refractivity contribution in [3.05, 3.63) is 0 Å². The van der Waals surface area contributed by atoms with Crippen molar-refractivity contribution in [3.63, 3.8) is 0 Å². The van der Waals surface area contributed by atoms with Crippen LogP contribution in [-0.2, 0) is 4.79 Å². The Morgan fingerprint density at radius 1 is 1.18 bits per heavy atom. The van der Waals surface area contributed by atoms with Gasteiger partial charge in [0.1, 0.15) is 0 Å². The Bertz CT molecular complexity index is 213. The van der Waals surface area contributed by atoms with Crippen LogP contribution in [0.15, 0.2) is 0 Å². The summed E-state index contributed by atoms with van der Waals surface area (Å²) in [4.78, 5) is 13.3. The number of carbonyl (C=O) groups excluding carboxylic acids is 1. The zero-order valence-electron chi connectivity index (χ0n) is 10.7. The van der Waals surface area contributed by atoms with Gasteiger partial charge in [-0.15, -0.1) is 0 Å². The van der Waals surface area contributed by atoms with Gasteiger partial charge in [-0.1, -0.05) is 12.8 Å². The summed E-state index contributed by atoms with van der Waals surface area (Å²) in [6.45, 7) is 3.70. The van der Waals surface area contributed by atoms with Crippen molar-refractivity contribution in [3.8, 4) is 0 Å². The normalized spacial score (nSPS) is 18.4. The highest BCUT2D eigenvalue weighted by atomic mass is 16.2. The third kappa shape index (κ3) is 6.64. The second kappa shape index (κ2) is 8.48. The van der Waals surface area contributed by atoms with E-state index < -0.39 is 0 Å². The summed E-state index contributed by atoms with van der Waals surface area (Å²) < 4.78 is 0. The Balaban J connectivity index is 2.01. The molecule has 0 radical (unpaired) electrons. The molecule has 3 N–H and O–H groups in total. The van der Waals surface area contributed by atoms with E-state index in [0.717, 1.165) is 45.3 Å². The fourth-order valence-corrected chi connectivity index (χ4v) is 2.50. The lowest BCUT2D eigenvalue weighted by Gasteiger charge is -2.31. The van der Waals surface area contributed by atoms with Gasteiger partial charge in [0.2, 0.25) is 5.91 Å². The van der Waals surface area contributed by atoms with E-state index in [2.05, 4.69) is 4.90 Å². The molecule has 1 amide bonds. The number of piperidine rings is 1. The number of likely N-dealkylation sites (tertiary alicyclic amines) is 1. The Morgan fingerprint density at radius 3 is 2.41 bits per heavy atom. The maximum atomic E-state index is 10.8. The first-order valence-electron chi connectivity index (χ1n) is 6.84. The van der Waals surface area contributed by atoms with Crippen LogP contribution in [0.2, 0.25) is 0 Å². The average Bonchev–Trinajstić information content (AvgIpc) is 2.30. The molecule has 4 heteroatoms. The molecule has 4 nitrogen and oxygen atoms in total. The van der Waals surface area contributed by atoms with Crippen LogP contribution in [0.4, 0.5) is 0 Å². The highest BCUT2D eigenvalue weighted by Gasteiger charge is 2.19. The highest BCUT2D eigenvalue weighted by Crippen LogP contribution is 2.20. The molecule has 0 bridgehead atoms. The van der Waals surface area contributed by atoms with Gasteiger partial charge in [-0.25, -0.2) is 0 Å². The predicted molar refractivity (Wildman–Crippen MR) is 68.5 cm³/mol. The van der Waals surface area contributed by atoms with E-state index in [1.54, 1.807) is 0 Å². The topological polar surface area (TPSA) is 66.6 Å². The number of aliphatic hydroxyl groups is 1.